The highest BCUT2D eigenvalue weighted by Gasteiger charge is 2.16. The molecule has 2 heteroatoms. The van der Waals surface area contributed by atoms with Crippen LogP contribution >= 0.6 is 0 Å². The van der Waals surface area contributed by atoms with E-state index >= 15 is 0 Å². The lowest BCUT2D eigenvalue weighted by atomic mass is 9.90. The van der Waals surface area contributed by atoms with Gasteiger partial charge in [-0.05, 0) is 30.9 Å². The number of nitrogens with one attached hydrogen (secondary N) is 1. The van der Waals surface area contributed by atoms with Crippen molar-refractivity contribution >= 4 is 0 Å². The van der Waals surface area contributed by atoms with Crippen LogP contribution in [0.25, 0.3) is 0 Å². The Morgan fingerprint density at radius 3 is 2.25 bits per heavy atom. The molecule has 0 saturated heterocycles. The van der Waals surface area contributed by atoms with Gasteiger partial charge in [0.05, 0.1) is 0 Å². The summed E-state index contributed by atoms with van der Waals surface area (Å²) in [4.78, 5) is 0. The maximum Gasteiger partial charge on any atom is 0.0205 e. The monoisotopic (exact) mass is 220 g/mol. The first-order chi connectivity index (χ1) is 7.61. The Bertz CT molecular complexity index is 272. The molecule has 0 aromatic heterocycles. The Hall–Kier alpha value is -0.860. The van der Waals surface area contributed by atoms with Crippen LogP contribution in [-0.4, -0.2) is 12.6 Å². The Balaban J connectivity index is 2.34. The number of hydrogen-bond donors (Lipinski definition) is 2. The molecule has 90 valence electrons. The molecule has 2 atom stereocenters. The minimum Gasteiger partial charge on any atom is -0.328 e. The summed E-state index contributed by atoms with van der Waals surface area (Å²) in [5.74, 6) is 1.17. The highest BCUT2D eigenvalue weighted by Crippen LogP contribution is 2.13. The standard InChI is InChI=1S/C14H24N2/c1-11(2)14(12(3)15)10-16-9-13-7-5-4-6-8-13/h4-8,11-12,14,16H,9-10,15H2,1-3H3. The van der Waals surface area contributed by atoms with Crippen molar-refractivity contribution in [1.82, 2.24) is 5.32 Å². The quantitative estimate of drug-likeness (QED) is 0.772. The maximum absolute atomic E-state index is 5.98. The van der Waals surface area contributed by atoms with E-state index in [1.54, 1.807) is 0 Å². The summed E-state index contributed by atoms with van der Waals surface area (Å²) in [5.41, 5.74) is 7.31. The third kappa shape index (κ3) is 4.33. The van der Waals surface area contributed by atoms with E-state index in [1.807, 2.05) is 6.07 Å². The molecule has 0 fully saturated rings. The molecule has 2 nitrogen and oxygen atoms in total. The Morgan fingerprint density at radius 2 is 1.75 bits per heavy atom. The summed E-state index contributed by atoms with van der Waals surface area (Å²) >= 11 is 0. The average molecular weight is 220 g/mol. The molecule has 0 heterocycles. The van der Waals surface area contributed by atoms with Crippen LogP contribution in [0, 0.1) is 11.8 Å². The van der Waals surface area contributed by atoms with Crippen molar-refractivity contribution < 1.29 is 0 Å². The zero-order valence-corrected chi connectivity index (χ0v) is 10.6. The number of hydrogen-bond acceptors (Lipinski definition) is 2. The summed E-state index contributed by atoms with van der Waals surface area (Å²) < 4.78 is 0. The molecule has 16 heavy (non-hydrogen) atoms. The first-order valence-corrected chi connectivity index (χ1v) is 6.11. The first-order valence-electron chi connectivity index (χ1n) is 6.11. The maximum atomic E-state index is 5.98. The first kappa shape index (κ1) is 13.2. The van der Waals surface area contributed by atoms with Crippen molar-refractivity contribution in [1.29, 1.82) is 0 Å². The molecule has 2 unspecified atom stereocenters. The lowest BCUT2D eigenvalue weighted by Crippen LogP contribution is -2.38. The van der Waals surface area contributed by atoms with Crippen molar-refractivity contribution in [2.45, 2.75) is 33.4 Å². The van der Waals surface area contributed by atoms with Crippen molar-refractivity contribution in [2.24, 2.45) is 17.6 Å². The highest BCUT2D eigenvalue weighted by molar-refractivity contribution is 5.14. The third-order valence-corrected chi connectivity index (χ3v) is 3.08. The van der Waals surface area contributed by atoms with E-state index in [-0.39, 0.29) is 6.04 Å². The molecule has 0 aliphatic carbocycles. The van der Waals surface area contributed by atoms with E-state index < -0.39 is 0 Å². The molecule has 0 radical (unpaired) electrons. The van der Waals surface area contributed by atoms with E-state index in [0.29, 0.717) is 11.8 Å². The Kier molecular flexibility index (Phi) is 5.50. The average Bonchev–Trinajstić information content (AvgIpc) is 2.24. The minimum absolute atomic E-state index is 0.253. The molecular weight excluding hydrogens is 196 g/mol. The van der Waals surface area contributed by atoms with Crippen LogP contribution in [-0.2, 0) is 6.54 Å². The minimum atomic E-state index is 0.253. The summed E-state index contributed by atoms with van der Waals surface area (Å²) in [6, 6.07) is 10.7. The smallest absolute Gasteiger partial charge is 0.0205 e. The van der Waals surface area contributed by atoms with Gasteiger partial charge in [-0.25, -0.2) is 0 Å². The second-order valence-corrected chi connectivity index (χ2v) is 4.88. The van der Waals surface area contributed by atoms with E-state index in [4.69, 9.17) is 5.73 Å². The normalized spacial score (nSPS) is 15.1. The van der Waals surface area contributed by atoms with Crippen molar-refractivity contribution in [2.75, 3.05) is 6.54 Å². The van der Waals surface area contributed by atoms with E-state index in [0.717, 1.165) is 13.1 Å². The zero-order chi connectivity index (χ0) is 12.0. The van der Waals surface area contributed by atoms with Gasteiger partial charge in [0.2, 0.25) is 0 Å². The van der Waals surface area contributed by atoms with E-state index in [9.17, 15) is 0 Å². The molecule has 1 aromatic carbocycles. The summed E-state index contributed by atoms with van der Waals surface area (Å²) in [7, 11) is 0. The van der Waals surface area contributed by atoms with E-state index in [2.05, 4.69) is 50.4 Å². The molecule has 0 bridgehead atoms. The summed E-state index contributed by atoms with van der Waals surface area (Å²) in [5, 5.41) is 3.48. The van der Waals surface area contributed by atoms with Gasteiger partial charge in [-0.2, -0.15) is 0 Å². The van der Waals surface area contributed by atoms with Crippen molar-refractivity contribution in [3.05, 3.63) is 35.9 Å². The molecule has 0 saturated carbocycles. The lowest BCUT2D eigenvalue weighted by Gasteiger charge is -2.25. The van der Waals surface area contributed by atoms with Gasteiger partial charge in [-0.1, -0.05) is 44.2 Å². The summed E-state index contributed by atoms with van der Waals surface area (Å²) in [6.07, 6.45) is 0. The van der Waals surface area contributed by atoms with Gasteiger partial charge < -0.3 is 11.1 Å². The predicted molar refractivity (Wildman–Crippen MR) is 70.1 cm³/mol. The van der Waals surface area contributed by atoms with Crippen LogP contribution in [0.5, 0.6) is 0 Å². The topological polar surface area (TPSA) is 38.0 Å². The fraction of sp³-hybridized carbons (Fsp3) is 0.571. The van der Waals surface area contributed by atoms with Crippen LogP contribution in [0.15, 0.2) is 30.3 Å². The van der Waals surface area contributed by atoms with Gasteiger partial charge in [0, 0.05) is 12.6 Å². The SMILES string of the molecule is CC(C)C(CNCc1ccccc1)C(C)N. The molecule has 1 rings (SSSR count). The van der Waals surface area contributed by atoms with E-state index in [1.165, 1.54) is 5.56 Å². The number of benzene rings is 1. The second kappa shape index (κ2) is 6.66. The Morgan fingerprint density at radius 1 is 1.12 bits per heavy atom. The molecule has 0 amide bonds. The van der Waals surface area contributed by atoms with Crippen molar-refractivity contribution in [3.8, 4) is 0 Å². The number of rotatable bonds is 6. The van der Waals surface area contributed by atoms with Gasteiger partial charge in [-0.15, -0.1) is 0 Å². The molecule has 1 aromatic rings. The van der Waals surface area contributed by atoms with Gasteiger partial charge in [-0.3, -0.25) is 0 Å². The summed E-state index contributed by atoms with van der Waals surface area (Å²) in [6.45, 7) is 8.48. The molecule has 0 spiro atoms. The fourth-order valence-corrected chi connectivity index (χ4v) is 2.01. The molecule has 0 aliphatic rings. The largest absolute Gasteiger partial charge is 0.328 e. The van der Waals surface area contributed by atoms with Gasteiger partial charge in [0.25, 0.3) is 0 Å². The Labute approximate surface area is 99.2 Å². The highest BCUT2D eigenvalue weighted by atomic mass is 14.9. The van der Waals surface area contributed by atoms with Crippen LogP contribution in [0.3, 0.4) is 0 Å². The molecule has 3 N–H and O–H groups in total. The van der Waals surface area contributed by atoms with Gasteiger partial charge >= 0.3 is 0 Å². The fourth-order valence-electron chi connectivity index (χ4n) is 2.01. The second-order valence-electron chi connectivity index (χ2n) is 4.88. The van der Waals surface area contributed by atoms with Gasteiger partial charge in [0.1, 0.15) is 0 Å². The van der Waals surface area contributed by atoms with Crippen molar-refractivity contribution in [3.63, 3.8) is 0 Å². The van der Waals surface area contributed by atoms with Crippen LogP contribution in [0.4, 0.5) is 0 Å². The lowest BCUT2D eigenvalue weighted by molar-refractivity contribution is 0.315. The number of nitrogens with two attached hydrogens (primary N) is 1. The van der Waals surface area contributed by atoms with Gasteiger partial charge in [0.15, 0.2) is 0 Å². The molecule has 0 aliphatic heterocycles. The predicted octanol–water partition coefficient (Wildman–Crippen LogP) is 2.40. The van der Waals surface area contributed by atoms with Crippen LogP contribution < -0.4 is 11.1 Å². The third-order valence-electron chi connectivity index (χ3n) is 3.08. The molecular formula is C14H24N2. The van der Waals surface area contributed by atoms with Crippen LogP contribution in [0.2, 0.25) is 0 Å². The van der Waals surface area contributed by atoms with Crippen LogP contribution in [0.1, 0.15) is 26.3 Å². The zero-order valence-electron chi connectivity index (χ0n) is 10.6.